The number of Topliss-reactive ketones (excluding diaryl/α,β-unsaturated/α-hetero) is 1. The van der Waals surface area contributed by atoms with Gasteiger partial charge in [-0.15, -0.1) is 0 Å². The van der Waals surface area contributed by atoms with Gasteiger partial charge in [0.15, 0.2) is 0 Å². The van der Waals surface area contributed by atoms with E-state index in [0.717, 1.165) is 25.7 Å². The van der Waals surface area contributed by atoms with Gasteiger partial charge in [0.05, 0.1) is 6.61 Å². The summed E-state index contributed by atoms with van der Waals surface area (Å²) in [6.45, 7) is 3.34. The number of rotatable bonds is 5. The van der Waals surface area contributed by atoms with Gasteiger partial charge in [-0.3, -0.25) is 4.79 Å². The van der Waals surface area contributed by atoms with Crippen molar-refractivity contribution >= 4 is 5.78 Å². The van der Waals surface area contributed by atoms with Crippen molar-refractivity contribution in [2.24, 2.45) is 0 Å². The molecular formula is C12H21NO3. The van der Waals surface area contributed by atoms with Gasteiger partial charge in [0.1, 0.15) is 5.78 Å². The molecule has 1 aliphatic heterocycles. The van der Waals surface area contributed by atoms with Crippen molar-refractivity contribution in [3.8, 4) is 0 Å². The van der Waals surface area contributed by atoms with E-state index in [1.807, 2.05) is 4.90 Å². The second-order valence-electron chi connectivity index (χ2n) is 4.93. The summed E-state index contributed by atoms with van der Waals surface area (Å²) >= 11 is 0. The first-order valence-corrected chi connectivity index (χ1v) is 6.26. The summed E-state index contributed by atoms with van der Waals surface area (Å²) < 4.78 is 5.40. The van der Waals surface area contributed by atoms with Crippen LogP contribution < -0.4 is 0 Å². The topological polar surface area (TPSA) is 49.8 Å². The number of aliphatic hydroxyl groups is 1. The Morgan fingerprint density at radius 1 is 1.56 bits per heavy atom. The molecule has 1 atom stereocenters. The molecule has 0 aromatic carbocycles. The second kappa shape index (κ2) is 4.82. The third kappa shape index (κ3) is 2.44. The monoisotopic (exact) mass is 227 g/mol. The molecule has 2 rings (SSSR count). The van der Waals surface area contributed by atoms with Crippen LogP contribution in [0.25, 0.3) is 0 Å². The number of aliphatic hydroxyl groups excluding tert-OH is 1. The zero-order valence-electron chi connectivity index (χ0n) is 9.95. The molecule has 1 aliphatic carbocycles. The Morgan fingerprint density at radius 3 is 2.94 bits per heavy atom. The molecule has 0 amide bonds. The van der Waals surface area contributed by atoms with Gasteiger partial charge in [0.25, 0.3) is 0 Å². The molecule has 1 saturated carbocycles. The number of piperidine rings is 1. The SMILES string of the molecule is CCCCOC(O)N1CCC(=O)CC12CC2. The fraction of sp³-hybridized carbons (Fsp3) is 0.917. The van der Waals surface area contributed by atoms with Gasteiger partial charge in [-0.1, -0.05) is 13.3 Å². The first-order valence-electron chi connectivity index (χ1n) is 6.26. The van der Waals surface area contributed by atoms with E-state index in [-0.39, 0.29) is 5.54 Å². The van der Waals surface area contributed by atoms with Crippen molar-refractivity contribution in [3.05, 3.63) is 0 Å². The van der Waals surface area contributed by atoms with Crippen LogP contribution in [0.4, 0.5) is 0 Å². The molecule has 1 unspecified atom stereocenters. The molecule has 1 N–H and O–H groups in total. The lowest BCUT2D eigenvalue weighted by atomic mass is 9.99. The third-order valence-corrected chi connectivity index (χ3v) is 3.63. The lowest BCUT2D eigenvalue weighted by Crippen LogP contribution is -2.51. The molecule has 0 aromatic rings. The Morgan fingerprint density at radius 2 is 2.31 bits per heavy atom. The summed E-state index contributed by atoms with van der Waals surface area (Å²) in [5.41, 5.74) is -0.0546. The maximum absolute atomic E-state index is 11.4. The number of ketones is 1. The van der Waals surface area contributed by atoms with Gasteiger partial charge < -0.3 is 9.84 Å². The molecular weight excluding hydrogens is 206 g/mol. The van der Waals surface area contributed by atoms with Gasteiger partial charge in [-0.25, -0.2) is 4.90 Å². The molecule has 92 valence electrons. The minimum atomic E-state index is -0.817. The Labute approximate surface area is 96.6 Å². The normalized spacial score (nSPS) is 26.0. The van der Waals surface area contributed by atoms with Gasteiger partial charge in [-0.2, -0.15) is 0 Å². The molecule has 2 fully saturated rings. The van der Waals surface area contributed by atoms with E-state index in [1.54, 1.807) is 0 Å². The van der Waals surface area contributed by atoms with Gasteiger partial charge in [0.2, 0.25) is 6.41 Å². The predicted octanol–water partition coefficient (Wildman–Crippen LogP) is 1.28. The highest BCUT2D eigenvalue weighted by molar-refractivity contribution is 5.81. The van der Waals surface area contributed by atoms with Crippen LogP contribution in [0.3, 0.4) is 0 Å². The van der Waals surface area contributed by atoms with Gasteiger partial charge >= 0.3 is 0 Å². The van der Waals surface area contributed by atoms with E-state index in [2.05, 4.69) is 6.92 Å². The van der Waals surface area contributed by atoms with E-state index < -0.39 is 6.41 Å². The Bertz CT molecular complexity index is 263. The Balaban J connectivity index is 1.85. The fourth-order valence-corrected chi connectivity index (χ4v) is 2.42. The van der Waals surface area contributed by atoms with Gasteiger partial charge in [-0.05, 0) is 19.3 Å². The summed E-state index contributed by atoms with van der Waals surface area (Å²) in [6.07, 6.45) is 4.41. The molecule has 0 aromatic heterocycles. The number of hydrogen-bond acceptors (Lipinski definition) is 4. The summed E-state index contributed by atoms with van der Waals surface area (Å²) in [4.78, 5) is 13.4. The average Bonchev–Trinajstić information content (AvgIpc) is 2.98. The highest BCUT2D eigenvalue weighted by Crippen LogP contribution is 2.48. The first kappa shape index (κ1) is 12.0. The van der Waals surface area contributed by atoms with Crippen molar-refractivity contribution in [2.45, 2.75) is 57.4 Å². The predicted molar refractivity (Wildman–Crippen MR) is 59.8 cm³/mol. The summed E-state index contributed by atoms with van der Waals surface area (Å²) in [5.74, 6) is 0.328. The number of unbranched alkanes of at least 4 members (excludes halogenated alkanes) is 1. The molecule has 1 heterocycles. The molecule has 0 bridgehead atoms. The third-order valence-electron chi connectivity index (χ3n) is 3.63. The van der Waals surface area contributed by atoms with Crippen molar-refractivity contribution < 1.29 is 14.6 Å². The molecule has 2 aliphatic rings. The quantitative estimate of drug-likeness (QED) is 0.568. The van der Waals surface area contributed by atoms with E-state index in [9.17, 15) is 9.90 Å². The molecule has 1 spiro atoms. The number of nitrogens with zero attached hydrogens (tertiary/aromatic N) is 1. The van der Waals surface area contributed by atoms with Gasteiger partial charge in [0, 0.05) is 24.9 Å². The van der Waals surface area contributed by atoms with Crippen LogP contribution in [-0.4, -0.2) is 40.9 Å². The zero-order valence-corrected chi connectivity index (χ0v) is 9.95. The minimum Gasteiger partial charge on any atom is -0.356 e. The van der Waals surface area contributed by atoms with Crippen LogP contribution in [0.2, 0.25) is 0 Å². The van der Waals surface area contributed by atoms with E-state index in [1.165, 1.54) is 0 Å². The van der Waals surface area contributed by atoms with Crippen LogP contribution in [0.5, 0.6) is 0 Å². The standard InChI is InChI=1S/C12H21NO3/c1-2-3-8-16-11(15)13-7-4-10(14)9-12(13)5-6-12/h11,15H,2-9H2,1H3. The van der Waals surface area contributed by atoms with E-state index in [0.29, 0.717) is 31.8 Å². The van der Waals surface area contributed by atoms with Crippen molar-refractivity contribution in [1.29, 1.82) is 0 Å². The lowest BCUT2D eigenvalue weighted by Gasteiger charge is -2.38. The van der Waals surface area contributed by atoms with E-state index >= 15 is 0 Å². The zero-order chi connectivity index (χ0) is 11.6. The minimum absolute atomic E-state index is 0.0546. The molecule has 16 heavy (non-hydrogen) atoms. The summed E-state index contributed by atoms with van der Waals surface area (Å²) in [5, 5.41) is 9.95. The average molecular weight is 227 g/mol. The number of ether oxygens (including phenoxy) is 1. The number of carbonyl (C=O) groups is 1. The summed E-state index contributed by atoms with van der Waals surface area (Å²) in [7, 11) is 0. The van der Waals surface area contributed by atoms with Crippen LogP contribution in [0, 0.1) is 0 Å². The van der Waals surface area contributed by atoms with Crippen LogP contribution in [-0.2, 0) is 9.53 Å². The van der Waals surface area contributed by atoms with Crippen LogP contribution >= 0.6 is 0 Å². The van der Waals surface area contributed by atoms with Crippen molar-refractivity contribution in [3.63, 3.8) is 0 Å². The van der Waals surface area contributed by atoms with Crippen molar-refractivity contribution in [2.75, 3.05) is 13.2 Å². The number of likely N-dealkylation sites (tertiary alicyclic amines) is 1. The second-order valence-corrected chi connectivity index (χ2v) is 4.93. The highest BCUT2D eigenvalue weighted by Gasteiger charge is 2.53. The fourth-order valence-electron chi connectivity index (χ4n) is 2.42. The Hall–Kier alpha value is -0.450. The number of carbonyl (C=O) groups excluding carboxylic acids is 1. The molecule has 4 nitrogen and oxygen atoms in total. The smallest absolute Gasteiger partial charge is 0.216 e. The molecule has 4 heteroatoms. The van der Waals surface area contributed by atoms with Crippen LogP contribution in [0.15, 0.2) is 0 Å². The molecule has 0 radical (unpaired) electrons. The Kier molecular flexibility index (Phi) is 3.62. The maximum atomic E-state index is 11.4. The highest BCUT2D eigenvalue weighted by atomic mass is 16.6. The van der Waals surface area contributed by atoms with Crippen molar-refractivity contribution in [1.82, 2.24) is 4.90 Å². The molecule has 1 saturated heterocycles. The maximum Gasteiger partial charge on any atom is 0.216 e. The van der Waals surface area contributed by atoms with Crippen LogP contribution in [0.1, 0.15) is 45.4 Å². The number of hydrogen-bond donors (Lipinski definition) is 1. The lowest BCUT2D eigenvalue weighted by molar-refractivity contribution is -0.215. The summed E-state index contributed by atoms with van der Waals surface area (Å²) in [6, 6.07) is 0. The largest absolute Gasteiger partial charge is 0.356 e. The first-order chi connectivity index (χ1) is 7.68. The van der Waals surface area contributed by atoms with E-state index in [4.69, 9.17) is 4.74 Å².